The highest BCUT2D eigenvalue weighted by Crippen LogP contribution is 2.23. The van der Waals surface area contributed by atoms with Crippen molar-refractivity contribution in [1.29, 1.82) is 0 Å². The standard InChI is InChI=1S/C20H18N2O3/c1-24-18-12-6-5-8-15(18)14-22-19(23)17-11-7-13-21-20(17)25-16-9-3-2-4-10-16/h2-13H,14H2,1H3,(H,22,23). The van der Waals surface area contributed by atoms with Crippen LogP contribution in [0, 0.1) is 0 Å². The molecular weight excluding hydrogens is 316 g/mol. The normalized spacial score (nSPS) is 10.1. The maximum atomic E-state index is 12.6. The summed E-state index contributed by atoms with van der Waals surface area (Å²) in [6.45, 7) is 0.350. The molecule has 5 heteroatoms. The molecule has 3 rings (SSSR count). The first-order chi connectivity index (χ1) is 12.3. The van der Waals surface area contributed by atoms with Crippen molar-refractivity contribution in [1.82, 2.24) is 10.3 Å². The van der Waals surface area contributed by atoms with Crippen LogP contribution in [0.3, 0.4) is 0 Å². The van der Waals surface area contributed by atoms with Crippen LogP contribution in [0.2, 0.25) is 0 Å². The van der Waals surface area contributed by atoms with Crippen molar-refractivity contribution in [3.63, 3.8) is 0 Å². The summed E-state index contributed by atoms with van der Waals surface area (Å²) in [6, 6.07) is 20.2. The largest absolute Gasteiger partial charge is 0.496 e. The van der Waals surface area contributed by atoms with Gasteiger partial charge in [0.25, 0.3) is 5.91 Å². The molecule has 0 aliphatic heterocycles. The van der Waals surface area contributed by atoms with E-state index in [0.29, 0.717) is 17.9 Å². The first-order valence-corrected chi connectivity index (χ1v) is 7.86. The molecule has 0 atom stereocenters. The number of methoxy groups -OCH3 is 1. The minimum Gasteiger partial charge on any atom is -0.496 e. The molecule has 2 aromatic carbocycles. The summed E-state index contributed by atoms with van der Waals surface area (Å²) in [6.07, 6.45) is 1.59. The van der Waals surface area contributed by atoms with Gasteiger partial charge in [0, 0.05) is 18.3 Å². The van der Waals surface area contributed by atoms with Crippen molar-refractivity contribution in [3.8, 4) is 17.4 Å². The Balaban J connectivity index is 1.74. The van der Waals surface area contributed by atoms with Gasteiger partial charge >= 0.3 is 0 Å². The zero-order valence-electron chi connectivity index (χ0n) is 13.8. The molecule has 0 bridgehead atoms. The minimum atomic E-state index is -0.259. The van der Waals surface area contributed by atoms with Crippen LogP contribution >= 0.6 is 0 Å². The topological polar surface area (TPSA) is 60.5 Å². The van der Waals surface area contributed by atoms with Gasteiger partial charge in [0.1, 0.15) is 17.1 Å². The van der Waals surface area contributed by atoms with Crippen molar-refractivity contribution >= 4 is 5.91 Å². The van der Waals surface area contributed by atoms with Crippen LogP contribution in [0.25, 0.3) is 0 Å². The maximum Gasteiger partial charge on any atom is 0.257 e. The number of hydrogen-bond acceptors (Lipinski definition) is 4. The SMILES string of the molecule is COc1ccccc1CNC(=O)c1cccnc1Oc1ccccc1. The third-order valence-corrected chi connectivity index (χ3v) is 3.61. The van der Waals surface area contributed by atoms with Crippen LogP contribution in [0.15, 0.2) is 72.9 Å². The molecule has 3 aromatic rings. The number of para-hydroxylation sites is 2. The summed E-state index contributed by atoms with van der Waals surface area (Å²) < 4.78 is 11.0. The highest BCUT2D eigenvalue weighted by Gasteiger charge is 2.14. The molecule has 1 N–H and O–H groups in total. The molecule has 0 aliphatic carbocycles. The lowest BCUT2D eigenvalue weighted by Crippen LogP contribution is -2.23. The molecule has 126 valence electrons. The third-order valence-electron chi connectivity index (χ3n) is 3.61. The van der Waals surface area contributed by atoms with E-state index in [0.717, 1.165) is 11.3 Å². The Bertz CT molecular complexity index is 850. The molecule has 5 nitrogen and oxygen atoms in total. The lowest BCUT2D eigenvalue weighted by molar-refractivity contribution is 0.0947. The molecule has 0 saturated heterocycles. The molecular formula is C20H18N2O3. The number of aromatic nitrogens is 1. The van der Waals surface area contributed by atoms with E-state index in [2.05, 4.69) is 10.3 Å². The van der Waals surface area contributed by atoms with E-state index in [9.17, 15) is 4.79 Å². The zero-order chi connectivity index (χ0) is 17.5. The van der Waals surface area contributed by atoms with E-state index in [4.69, 9.17) is 9.47 Å². The number of benzene rings is 2. The Morgan fingerprint density at radius 2 is 1.76 bits per heavy atom. The van der Waals surface area contributed by atoms with Crippen LogP contribution in [-0.2, 0) is 6.54 Å². The van der Waals surface area contributed by atoms with Crippen LogP contribution in [0.4, 0.5) is 0 Å². The summed E-state index contributed by atoms with van der Waals surface area (Å²) in [5.74, 6) is 1.37. The molecule has 0 saturated carbocycles. The molecule has 0 radical (unpaired) electrons. The number of carbonyl (C=O) groups is 1. The number of pyridine rings is 1. The Labute approximate surface area is 146 Å². The smallest absolute Gasteiger partial charge is 0.257 e. The van der Waals surface area contributed by atoms with E-state index >= 15 is 0 Å². The predicted molar refractivity (Wildman–Crippen MR) is 94.9 cm³/mol. The summed E-state index contributed by atoms with van der Waals surface area (Å²) in [5, 5.41) is 2.88. The van der Waals surface area contributed by atoms with Crippen molar-refractivity contribution in [2.24, 2.45) is 0 Å². The monoisotopic (exact) mass is 334 g/mol. The van der Waals surface area contributed by atoms with Crippen LogP contribution < -0.4 is 14.8 Å². The van der Waals surface area contributed by atoms with Crippen LogP contribution in [0.1, 0.15) is 15.9 Å². The molecule has 0 aliphatic rings. The lowest BCUT2D eigenvalue weighted by Gasteiger charge is -2.12. The van der Waals surface area contributed by atoms with Crippen molar-refractivity contribution in [2.75, 3.05) is 7.11 Å². The molecule has 0 fully saturated rings. The number of nitrogens with zero attached hydrogens (tertiary/aromatic N) is 1. The van der Waals surface area contributed by atoms with Gasteiger partial charge in [0.05, 0.1) is 7.11 Å². The fourth-order valence-electron chi connectivity index (χ4n) is 2.36. The zero-order valence-corrected chi connectivity index (χ0v) is 13.8. The molecule has 0 unspecified atom stereocenters. The molecule has 1 aromatic heterocycles. The number of nitrogens with one attached hydrogen (secondary N) is 1. The van der Waals surface area contributed by atoms with E-state index in [-0.39, 0.29) is 11.8 Å². The van der Waals surface area contributed by atoms with Gasteiger partial charge in [0.15, 0.2) is 0 Å². The second-order valence-electron chi connectivity index (χ2n) is 5.27. The first-order valence-electron chi connectivity index (χ1n) is 7.86. The summed E-state index contributed by atoms with van der Waals surface area (Å²) in [5.41, 5.74) is 1.27. The van der Waals surface area contributed by atoms with Crippen molar-refractivity contribution in [2.45, 2.75) is 6.54 Å². The fourth-order valence-corrected chi connectivity index (χ4v) is 2.36. The quantitative estimate of drug-likeness (QED) is 0.744. The van der Waals surface area contributed by atoms with E-state index in [1.54, 1.807) is 25.4 Å². The number of amides is 1. The maximum absolute atomic E-state index is 12.6. The van der Waals surface area contributed by atoms with Crippen LogP contribution in [0.5, 0.6) is 17.4 Å². The average Bonchev–Trinajstić information content (AvgIpc) is 2.67. The van der Waals surface area contributed by atoms with Gasteiger partial charge in [-0.1, -0.05) is 36.4 Å². The fraction of sp³-hybridized carbons (Fsp3) is 0.100. The Hall–Kier alpha value is -3.34. The van der Waals surface area contributed by atoms with Crippen molar-refractivity contribution < 1.29 is 14.3 Å². The summed E-state index contributed by atoms with van der Waals surface area (Å²) in [7, 11) is 1.60. The van der Waals surface area contributed by atoms with E-state index < -0.39 is 0 Å². The highest BCUT2D eigenvalue weighted by atomic mass is 16.5. The van der Waals surface area contributed by atoms with Gasteiger partial charge in [-0.3, -0.25) is 4.79 Å². The molecule has 0 spiro atoms. The predicted octanol–water partition coefficient (Wildman–Crippen LogP) is 3.81. The van der Waals surface area contributed by atoms with E-state index in [1.165, 1.54) is 0 Å². The number of carbonyl (C=O) groups excluding carboxylic acids is 1. The Kier molecular flexibility index (Phi) is 5.26. The third kappa shape index (κ3) is 4.14. The number of ether oxygens (including phenoxy) is 2. The van der Waals surface area contributed by atoms with Gasteiger partial charge in [-0.25, -0.2) is 4.98 Å². The van der Waals surface area contributed by atoms with Crippen molar-refractivity contribution in [3.05, 3.63) is 84.1 Å². The van der Waals surface area contributed by atoms with Gasteiger partial charge in [-0.15, -0.1) is 0 Å². The van der Waals surface area contributed by atoms with Gasteiger partial charge in [0.2, 0.25) is 5.88 Å². The van der Waals surface area contributed by atoms with Gasteiger partial charge in [-0.05, 0) is 30.3 Å². The Morgan fingerprint density at radius 3 is 2.56 bits per heavy atom. The second kappa shape index (κ2) is 7.97. The van der Waals surface area contributed by atoms with Crippen LogP contribution in [-0.4, -0.2) is 18.0 Å². The van der Waals surface area contributed by atoms with E-state index in [1.807, 2.05) is 54.6 Å². The summed E-state index contributed by atoms with van der Waals surface area (Å²) in [4.78, 5) is 16.7. The lowest BCUT2D eigenvalue weighted by atomic mass is 10.2. The Morgan fingerprint density at radius 1 is 1.00 bits per heavy atom. The average molecular weight is 334 g/mol. The highest BCUT2D eigenvalue weighted by molar-refractivity contribution is 5.96. The molecule has 25 heavy (non-hydrogen) atoms. The summed E-state index contributed by atoms with van der Waals surface area (Å²) >= 11 is 0. The van der Waals surface area contributed by atoms with Gasteiger partial charge in [-0.2, -0.15) is 0 Å². The first kappa shape index (κ1) is 16.5. The number of hydrogen-bond donors (Lipinski definition) is 1. The molecule has 1 heterocycles. The van der Waals surface area contributed by atoms with Gasteiger partial charge < -0.3 is 14.8 Å². The number of rotatable bonds is 6. The molecule has 1 amide bonds. The second-order valence-corrected chi connectivity index (χ2v) is 5.27. The minimum absolute atomic E-state index is 0.259.